The molecule has 0 atom stereocenters. The molecule has 0 unspecified atom stereocenters. The third-order valence-electron chi connectivity index (χ3n) is 3.20. The van der Waals surface area contributed by atoms with E-state index in [0.29, 0.717) is 12.5 Å². The van der Waals surface area contributed by atoms with Gasteiger partial charge in [-0.3, -0.25) is 0 Å². The molecular formula is C16H18N2OS. The zero-order chi connectivity index (χ0) is 13.9. The van der Waals surface area contributed by atoms with Gasteiger partial charge in [-0.05, 0) is 23.5 Å². The molecule has 2 heterocycles. The van der Waals surface area contributed by atoms with Crippen molar-refractivity contribution in [2.45, 2.75) is 20.5 Å². The molecule has 0 saturated carbocycles. The van der Waals surface area contributed by atoms with Crippen molar-refractivity contribution in [2.75, 3.05) is 6.61 Å². The number of hydrogen-bond acceptors (Lipinski definition) is 3. The summed E-state index contributed by atoms with van der Waals surface area (Å²) in [6, 6.07) is 8.43. The molecule has 3 aromatic rings. The maximum absolute atomic E-state index is 5.79. The second-order valence-corrected chi connectivity index (χ2v) is 5.99. The highest BCUT2D eigenvalue weighted by Crippen LogP contribution is 2.25. The Morgan fingerprint density at radius 1 is 1.30 bits per heavy atom. The Morgan fingerprint density at radius 2 is 2.15 bits per heavy atom. The molecule has 0 bridgehead atoms. The first-order valence-electron chi connectivity index (χ1n) is 6.82. The van der Waals surface area contributed by atoms with E-state index in [0.717, 1.165) is 12.3 Å². The number of ether oxygens (including phenoxy) is 1. The minimum atomic E-state index is 0.560. The molecule has 0 N–H and O–H groups in total. The first kappa shape index (κ1) is 13.3. The molecule has 4 heteroatoms. The Bertz CT molecular complexity index is 686. The van der Waals surface area contributed by atoms with E-state index in [2.05, 4.69) is 58.6 Å². The van der Waals surface area contributed by atoms with Gasteiger partial charge in [0.1, 0.15) is 0 Å². The van der Waals surface area contributed by atoms with Crippen LogP contribution in [0.25, 0.3) is 16.6 Å². The molecule has 1 aromatic carbocycles. The number of fused-ring (bicyclic) bond motifs is 1. The molecule has 3 rings (SSSR count). The lowest BCUT2D eigenvalue weighted by atomic mass is 10.2. The van der Waals surface area contributed by atoms with E-state index in [1.165, 1.54) is 28.0 Å². The molecule has 0 amide bonds. The Hall–Kier alpha value is -1.65. The van der Waals surface area contributed by atoms with Gasteiger partial charge in [-0.25, -0.2) is 0 Å². The fourth-order valence-corrected chi connectivity index (χ4v) is 2.81. The topological polar surface area (TPSA) is 27.1 Å². The predicted octanol–water partition coefficient (Wildman–Crippen LogP) is 4.26. The Balaban J connectivity index is 1.96. The molecule has 104 valence electrons. The standard InChI is InChI=1S/C16H18N2OS/c1-12(2)9-19-10-13-8-18(14-7-17-20-11-14)16-6-4-3-5-15(13)16/h3-8,11-12H,9-10H2,1-2H3. The number of hydrogen-bond donors (Lipinski definition) is 0. The second-order valence-electron chi connectivity index (χ2n) is 5.33. The van der Waals surface area contributed by atoms with Crippen LogP contribution in [-0.2, 0) is 11.3 Å². The Morgan fingerprint density at radius 3 is 2.90 bits per heavy atom. The van der Waals surface area contributed by atoms with Gasteiger partial charge in [0.05, 0.1) is 24.0 Å². The van der Waals surface area contributed by atoms with E-state index in [9.17, 15) is 0 Å². The van der Waals surface area contributed by atoms with Crippen LogP contribution in [0.3, 0.4) is 0 Å². The van der Waals surface area contributed by atoms with Gasteiger partial charge < -0.3 is 9.30 Å². The molecule has 0 spiro atoms. The SMILES string of the molecule is CC(C)COCc1cn(-c2cnsc2)c2ccccc12. The Labute approximate surface area is 123 Å². The molecule has 0 fully saturated rings. The average molecular weight is 286 g/mol. The maximum Gasteiger partial charge on any atom is 0.0764 e. The number of para-hydroxylation sites is 1. The van der Waals surface area contributed by atoms with Crippen molar-refractivity contribution < 1.29 is 4.74 Å². The monoisotopic (exact) mass is 286 g/mol. The largest absolute Gasteiger partial charge is 0.376 e. The van der Waals surface area contributed by atoms with Gasteiger partial charge in [0.25, 0.3) is 0 Å². The first-order valence-corrected chi connectivity index (χ1v) is 7.66. The summed E-state index contributed by atoms with van der Waals surface area (Å²) in [7, 11) is 0. The fraction of sp³-hybridized carbons (Fsp3) is 0.312. The van der Waals surface area contributed by atoms with Crippen molar-refractivity contribution in [3.63, 3.8) is 0 Å². The highest BCUT2D eigenvalue weighted by Gasteiger charge is 2.10. The van der Waals surface area contributed by atoms with E-state index >= 15 is 0 Å². The van der Waals surface area contributed by atoms with E-state index in [1.54, 1.807) is 0 Å². The van der Waals surface area contributed by atoms with Gasteiger partial charge in [-0.15, -0.1) is 0 Å². The summed E-state index contributed by atoms with van der Waals surface area (Å²) in [6.45, 7) is 5.78. The minimum absolute atomic E-state index is 0.560. The lowest BCUT2D eigenvalue weighted by Crippen LogP contribution is -2.01. The third kappa shape index (κ3) is 2.62. The molecule has 2 aromatic heterocycles. The zero-order valence-corrected chi connectivity index (χ0v) is 12.6. The van der Waals surface area contributed by atoms with Gasteiger partial charge in [0, 0.05) is 29.1 Å². The maximum atomic E-state index is 5.79. The fourth-order valence-electron chi connectivity index (χ4n) is 2.30. The number of benzene rings is 1. The summed E-state index contributed by atoms with van der Waals surface area (Å²) in [5, 5.41) is 3.31. The Kier molecular flexibility index (Phi) is 3.85. The van der Waals surface area contributed by atoms with Crippen molar-refractivity contribution >= 4 is 22.4 Å². The van der Waals surface area contributed by atoms with Crippen LogP contribution < -0.4 is 0 Å². The van der Waals surface area contributed by atoms with E-state index in [1.807, 2.05) is 6.20 Å². The van der Waals surface area contributed by atoms with Crippen LogP contribution in [0.1, 0.15) is 19.4 Å². The quantitative estimate of drug-likeness (QED) is 0.700. The number of aromatic nitrogens is 2. The van der Waals surface area contributed by atoms with Crippen molar-refractivity contribution in [1.82, 2.24) is 8.94 Å². The molecule has 0 saturated heterocycles. The van der Waals surface area contributed by atoms with E-state index < -0.39 is 0 Å². The van der Waals surface area contributed by atoms with E-state index in [4.69, 9.17) is 4.74 Å². The minimum Gasteiger partial charge on any atom is -0.376 e. The van der Waals surface area contributed by atoms with Crippen LogP contribution >= 0.6 is 11.5 Å². The summed E-state index contributed by atoms with van der Waals surface area (Å²) in [5.41, 5.74) is 3.55. The summed E-state index contributed by atoms with van der Waals surface area (Å²) in [6.07, 6.45) is 4.06. The smallest absolute Gasteiger partial charge is 0.0764 e. The zero-order valence-electron chi connectivity index (χ0n) is 11.7. The van der Waals surface area contributed by atoms with Crippen molar-refractivity contribution in [2.24, 2.45) is 5.92 Å². The van der Waals surface area contributed by atoms with Gasteiger partial charge in [-0.2, -0.15) is 4.37 Å². The number of rotatable bonds is 5. The molecule has 0 aliphatic carbocycles. The van der Waals surface area contributed by atoms with Crippen LogP contribution in [0, 0.1) is 5.92 Å². The predicted molar refractivity (Wildman–Crippen MR) is 83.4 cm³/mol. The summed E-state index contributed by atoms with van der Waals surface area (Å²) in [4.78, 5) is 0. The summed E-state index contributed by atoms with van der Waals surface area (Å²) >= 11 is 1.47. The van der Waals surface area contributed by atoms with E-state index in [-0.39, 0.29) is 0 Å². The van der Waals surface area contributed by atoms with Crippen LogP contribution in [0.4, 0.5) is 0 Å². The van der Waals surface area contributed by atoms with Gasteiger partial charge in [0.15, 0.2) is 0 Å². The molecule has 0 aliphatic heterocycles. The van der Waals surface area contributed by atoms with Gasteiger partial charge >= 0.3 is 0 Å². The summed E-state index contributed by atoms with van der Waals surface area (Å²) in [5.74, 6) is 0.560. The molecule has 3 nitrogen and oxygen atoms in total. The highest BCUT2D eigenvalue weighted by atomic mass is 32.1. The lowest BCUT2D eigenvalue weighted by Gasteiger charge is -2.05. The average Bonchev–Trinajstić information content (AvgIpc) is 3.06. The molecular weight excluding hydrogens is 268 g/mol. The molecule has 0 aliphatic rings. The van der Waals surface area contributed by atoms with Crippen molar-refractivity contribution in [3.8, 4) is 5.69 Å². The lowest BCUT2D eigenvalue weighted by molar-refractivity contribution is 0.0978. The van der Waals surface area contributed by atoms with Crippen LogP contribution in [-0.4, -0.2) is 15.5 Å². The molecule has 20 heavy (non-hydrogen) atoms. The first-order chi connectivity index (χ1) is 9.75. The van der Waals surface area contributed by atoms with Crippen LogP contribution in [0.2, 0.25) is 0 Å². The van der Waals surface area contributed by atoms with Gasteiger partial charge in [0.2, 0.25) is 0 Å². The second kappa shape index (κ2) is 5.77. The third-order valence-corrected chi connectivity index (χ3v) is 3.77. The van der Waals surface area contributed by atoms with Crippen molar-refractivity contribution in [1.29, 1.82) is 0 Å². The highest BCUT2D eigenvalue weighted by molar-refractivity contribution is 7.03. The van der Waals surface area contributed by atoms with Crippen LogP contribution in [0.5, 0.6) is 0 Å². The molecule has 0 radical (unpaired) electrons. The number of nitrogens with zero attached hydrogens (tertiary/aromatic N) is 2. The summed E-state index contributed by atoms with van der Waals surface area (Å²) < 4.78 is 12.2. The normalized spacial score (nSPS) is 11.6. The van der Waals surface area contributed by atoms with Crippen molar-refractivity contribution in [3.05, 3.63) is 47.6 Å². The van der Waals surface area contributed by atoms with Gasteiger partial charge in [-0.1, -0.05) is 32.0 Å². The van der Waals surface area contributed by atoms with Crippen LogP contribution in [0.15, 0.2) is 42.0 Å².